The van der Waals surface area contributed by atoms with Crippen LogP contribution < -0.4 is 4.72 Å². The summed E-state index contributed by atoms with van der Waals surface area (Å²) in [6.07, 6.45) is 4.11. The molecule has 23 heavy (non-hydrogen) atoms. The highest BCUT2D eigenvalue weighted by Gasteiger charge is 2.05. The number of aromatic hydroxyl groups is 1. The minimum absolute atomic E-state index is 0.127. The first-order valence-corrected chi connectivity index (χ1v) is 9.22. The normalized spacial score (nSPS) is 11.6. The zero-order valence-electron chi connectivity index (χ0n) is 12.2. The second-order valence-corrected chi connectivity index (χ2v) is 7.46. The first-order chi connectivity index (χ1) is 10.7. The van der Waals surface area contributed by atoms with Crippen LogP contribution in [0.4, 0.5) is 5.69 Å². The monoisotopic (exact) mass is 395 g/mol. The summed E-state index contributed by atoms with van der Waals surface area (Å²) in [5, 5.41) is 9.42. The zero-order valence-corrected chi connectivity index (χ0v) is 14.6. The van der Waals surface area contributed by atoms with Crippen LogP contribution in [0.25, 0.3) is 6.08 Å². The number of carbonyl (C=O) groups is 1. The SMILES string of the molecule is CS(=O)(=O)Nc1ccc(C(=O)C=Cc2ccc(O)c(Br)c2)cc1. The van der Waals surface area contributed by atoms with Crippen molar-refractivity contribution in [2.24, 2.45) is 0 Å². The molecule has 2 N–H and O–H groups in total. The number of nitrogens with one attached hydrogen (secondary N) is 1. The van der Waals surface area contributed by atoms with E-state index in [0.29, 0.717) is 15.7 Å². The van der Waals surface area contributed by atoms with Crippen molar-refractivity contribution in [3.05, 3.63) is 64.1 Å². The van der Waals surface area contributed by atoms with Crippen LogP contribution in [0.1, 0.15) is 15.9 Å². The van der Waals surface area contributed by atoms with E-state index in [-0.39, 0.29) is 11.5 Å². The Labute approximate surface area is 142 Å². The third-order valence-corrected chi connectivity index (χ3v) is 4.11. The molecular weight excluding hydrogens is 382 g/mol. The van der Waals surface area contributed by atoms with Gasteiger partial charge in [-0.15, -0.1) is 0 Å². The van der Waals surface area contributed by atoms with E-state index in [0.717, 1.165) is 11.8 Å². The molecule has 2 aromatic carbocycles. The highest BCUT2D eigenvalue weighted by Crippen LogP contribution is 2.24. The molecule has 0 unspecified atom stereocenters. The third-order valence-electron chi connectivity index (χ3n) is 2.87. The van der Waals surface area contributed by atoms with Gasteiger partial charge in [0.25, 0.3) is 0 Å². The topological polar surface area (TPSA) is 83.5 Å². The van der Waals surface area contributed by atoms with Crippen molar-refractivity contribution in [3.8, 4) is 5.75 Å². The van der Waals surface area contributed by atoms with E-state index in [1.807, 2.05) is 0 Å². The van der Waals surface area contributed by atoms with Gasteiger partial charge in [-0.3, -0.25) is 9.52 Å². The van der Waals surface area contributed by atoms with Crippen LogP contribution in [0.2, 0.25) is 0 Å². The van der Waals surface area contributed by atoms with Gasteiger partial charge < -0.3 is 5.11 Å². The van der Waals surface area contributed by atoms with Crippen molar-refractivity contribution in [1.29, 1.82) is 0 Å². The molecule has 0 saturated heterocycles. The molecule has 7 heteroatoms. The van der Waals surface area contributed by atoms with Crippen molar-refractivity contribution in [3.63, 3.8) is 0 Å². The van der Waals surface area contributed by atoms with E-state index in [1.54, 1.807) is 30.3 Å². The lowest BCUT2D eigenvalue weighted by atomic mass is 10.1. The van der Waals surface area contributed by atoms with E-state index >= 15 is 0 Å². The predicted molar refractivity (Wildman–Crippen MR) is 94.1 cm³/mol. The Morgan fingerprint density at radius 1 is 1.17 bits per heavy atom. The van der Waals surface area contributed by atoms with Gasteiger partial charge in [0, 0.05) is 11.3 Å². The van der Waals surface area contributed by atoms with Crippen LogP contribution in [0.5, 0.6) is 5.75 Å². The van der Waals surface area contributed by atoms with E-state index < -0.39 is 10.0 Å². The molecule has 2 aromatic rings. The van der Waals surface area contributed by atoms with E-state index in [1.165, 1.54) is 24.3 Å². The van der Waals surface area contributed by atoms with E-state index in [9.17, 15) is 18.3 Å². The van der Waals surface area contributed by atoms with Crippen LogP contribution in [0.3, 0.4) is 0 Å². The molecule has 0 amide bonds. The Hall–Kier alpha value is -2.12. The minimum atomic E-state index is -3.34. The highest BCUT2D eigenvalue weighted by molar-refractivity contribution is 9.10. The lowest BCUT2D eigenvalue weighted by molar-refractivity contribution is 0.104. The number of hydrogen-bond donors (Lipinski definition) is 2. The van der Waals surface area contributed by atoms with Crippen molar-refractivity contribution < 1.29 is 18.3 Å². The van der Waals surface area contributed by atoms with Crippen molar-refractivity contribution in [2.45, 2.75) is 0 Å². The molecule has 0 aliphatic rings. The van der Waals surface area contributed by atoms with Crippen LogP contribution >= 0.6 is 15.9 Å². The number of phenols is 1. The fourth-order valence-corrected chi connectivity index (χ4v) is 2.77. The fourth-order valence-electron chi connectivity index (χ4n) is 1.81. The molecule has 0 spiro atoms. The summed E-state index contributed by atoms with van der Waals surface area (Å²) >= 11 is 3.20. The van der Waals surface area contributed by atoms with Gasteiger partial charge in [-0.25, -0.2) is 8.42 Å². The number of sulfonamides is 1. The molecule has 0 aliphatic carbocycles. The van der Waals surface area contributed by atoms with Gasteiger partial charge in [0.2, 0.25) is 10.0 Å². The van der Waals surface area contributed by atoms with E-state index in [2.05, 4.69) is 20.7 Å². The maximum Gasteiger partial charge on any atom is 0.229 e. The first kappa shape index (κ1) is 17.2. The van der Waals surface area contributed by atoms with Crippen molar-refractivity contribution in [2.75, 3.05) is 11.0 Å². The van der Waals surface area contributed by atoms with Crippen LogP contribution in [0, 0.1) is 0 Å². The number of ketones is 1. The molecule has 0 aliphatic heterocycles. The Bertz CT molecular complexity index is 858. The molecule has 0 aromatic heterocycles. The summed E-state index contributed by atoms with van der Waals surface area (Å²) in [7, 11) is -3.34. The van der Waals surface area contributed by atoms with Gasteiger partial charge in [-0.2, -0.15) is 0 Å². The number of anilines is 1. The number of benzene rings is 2. The van der Waals surface area contributed by atoms with E-state index in [4.69, 9.17) is 0 Å². The maximum absolute atomic E-state index is 12.1. The zero-order chi connectivity index (χ0) is 17.0. The summed E-state index contributed by atoms with van der Waals surface area (Å²) in [5.41, 5.74) is 1.60. The molecule has 0 saturated carbocycles. The van der Waals surface area contributed by atoms with Gasteiger partial charge in [-0.1, -0.05) is 12.1 Å². The maximum atomic E-state index is 12.1. The molecule has 2 rings (SSSR count). The van der Waals surface area contributed by atoms with Crippen LogP contribution in [0.15, 0.2) is 53.0 Å². The van der Waals surface area contributed by atoms with Crippen molar-refractivity contribution >= 4 is 43.5 Å². The van der Waals surface area contributed by atoms with Gasteiger partial charge in [0.05, 0.1) is 10.7 Å². The lowest BCUT2D eigenvalue weighted by Crippen LogP contribution is -2.09. The number of hydrogen-bond acceptors (Lipinski definition) is 4. The molecule has 0 radical (unpaired) electrons. The molecule has 0 heterocycles. The van der Waals surface area contributed by atoms with Gasteiger partial charge >= 0.3 is 0 Å². The third kappa shape index (κ3) is 5.22. The number of allylic oxidation sites excluding steroid dienone is 1. The van der Waals surface area contributed by atoms with Gasteiger partial charge in [-0.05, 0) is 64.0 Å². The summed E-state index contributed by atoms with van der Waals surface area (Å²) in [5.74, 6) is -0.0810. The highest BCUT2D eigenvalue weighted by atomic mass is 79.9. The summed E-state index contributed by atoms with van der Waals surface area (Å²) in [6.45, 7) is 0. The second-order valence-electron chi connectivity index (χ2n) is 4.86. The van der Waals surface area contributed by atoms with Crippen molar-refractivity contribution in [1.82, 2.24) is 0 Å². The van der Waals surface area contributed by atoms with Gasteiger partial charge in [0.15, 0.2) is 5.78 Å². The summed E-state index contributed by atoms with van der Waals surface area (Å²) < 4.78 is 25.1. The fraction of sp³-hybridized carbons (Fsp3) is 0.0625. The molecular formula is C16H14BrNO4S. The molecule has 0 bridgehead atoms. The number of phenolic OH excluding ortho intramolecular Hbond substituents is 1. The van der Waals surface area contributed by atoms with Crippen LogP contribution in [-0.2, 0) is 10.0 Å². The summed E-state index contributed by atoms with van der Waals surface area (Å²) in [6, 6.07) is 11.1. The Morgan fingerprint density at radius 3 is 2.39 bits per heavy atom. The molecule has 120 valence electrons. The smallest absolute Gasteiger partial charge is 0.229 e. The van der Waals surface area contributed by atoms with Gasteiger partial charge in [0.1, 0.15) is 5.75 Å². The summed E-state index contributed by atoms with van der Waals surface area (Å²) in [4.78, 5) is 12.1. The second kappa shape index (κ2) is 6.97. The predicted octanol–water partition coefficient (Wildman–Crippen LogP) is 3.42. The van der Waals surface area contributed by atoms with Crippen LogP contribution in [-0.4, -0.2) is 25.6 Å². The number of halogens is 1. The lowest BCUT2D eigenvalue weighted by Gasteiger charge is -2.04. The average Bonchev–Trinajstić information content (AvgIpc) is 2.47. The molecule has 0 atom stereocenters. The first-order valence-electron chi connectivity index (χ1n) is 6.53. The quantitative estimate of drug-likeness (QED) is 0.599. The Kier molecular flexibility index (Phi) is 5.23. The Balaban J connectivity index is 2.11. The largest absolute Gasteiger partial charge is 0.507 e. The Morgan fingerprint density at radius 2 is 1.83 bits per heavy atom. The number of carbonyl (C=O) groups excluding carboxylic acids is 1. The standard InChI is InChI=1S/C16H14BrNO4S/c1-23(21,22)18-13-6-4-12(5-7-13)15(19)8-2-11-3-9-16(20)14(17)10-11/h2-10,18,20H,1H3. The number of rotatable bonds is 5. The average molecular weight is 396 g/mol. The molecule has 5 nitrogen and oxygen atoms in total. The minimum Gasteiger partial charge on any atom is -0.507 e. The molecule has 0 fully saturated rings.